The highest BCUT2D eigenvalue weighted by molar-refractivity contribution is 9.10. The van der Waals surface area contributed by atoms with Crippen LogP contribution in [0.5, 0.6) is 0 Å². The molecular formula is C11H7BrF2N4O3. The Kier molecular flexibility index (Phi) is 4.26. The zero-order valence-corrected chi connectivity index (χ0v) is 11.8. The normalized spacial score (nSPS) is 10.4. The largest absolute Gasteiger partial charge is 0.476 e. The van der Waals surface area contributed by atoms with E-state index in [-0.39, 0.29) is 22.4 Å². The molecule has 1 heterocycles. The minimum Gasteiger partial charge on any atom is -0.476 e. The number of hydrogen-bond acceptors (Lipinski definition) is 4. The predicted octanol–water partition coefficient (Wildman–Crippen LogP) is 1.66. The minimum absolute atomic E-state index is 0.0400. The van der Waals surface area contributed by atoms with Crippen molar-refractivity contribution < 1.29 is 23.5 Å². The number of aromatic carboxylic acids is 1. The van der Waals surface area contributed by atoms with Crippen molar-refractivity contribution in [3.05, 3.63) is 40.1 Å². The lowest BCUT2D eigenvalue weighted by atomic mass is 10.3. The van der Waals surface area contributed by atoms with Gasteiger partial charge in [-0.3, -0.25) is 4.79 Å². The molecule has 0 bridgehead atoms. The van der Waals surface area contributed by atoms with Crippen molar-refractivity contribution >= 4 is 33.5 Å². The van der Waals surface area contributed by atoms with Gasteiger partial charge in [-0.1, -0.05) is 5.21 Å². The molecule has 0 atom stereocenters. The highest BCUT2D eigenvalue weighted by atomic mass is 79.9. The van der Waals surface area contributed by atoms with Crippen molar-refractivity contribution in [2.24, 2.45) is 0 Å². The van der Waals surface area contributed by atoms with Crippen molar-refractivity contribution in [1.29, 1.82) is 0 Å². The average Bonchev–Trinajstić information content (AvgIpc) is 2.82. The molecule has 0 aliphatic heterocycles. The Bertz CT molecular complexity index is 696. The molecule has 1 aromatic heterocycles. The summed E-state index contributed by atoms with van der Waals surface area (Å²) in [6.07, 6.45) is 1.05. The maximum absolute atomic E-state index is 13.5. The first-order valence-corrected chi connectivity index (χ1v) is 6.24. The molecule has 0 unspecified atom stereocenters. The van der Waals surface area contributed by atoms with Gasteiger partial charge in [-0.25, -0.2) is 18.3 Å². The molecule has 0 radical (unpaired) electrons. The number of carbonyl (C=O) groups excluding carboxylic acids is 1. The molecule has 1 aromatic carbocycles. The summed E-state index contributed by atoms with van der Waals surface area (Å²) >= 11 is 2.93. The SMILES string of the molecule is O=C(Cn1cc(C(=O)O)nn1)Nc1c(F)cc(F)cc1Br. The van der Waals surface area contributed by atoms with Crippen LogP contribution in [0.15, 0.2) is 22.8 Å². The van der Waals surface area contributed by atoms with Crippen LogP contribution in [0.25, 0.3) is 0 Å². The van der Waals surface area contributed by atoms with E-state index < -0.39 is 23.5 Å². The highest BCUT2D eigenvalue weighted by Crippen LogP contribution is 2.26. The van der Waals surface area contributed by atoms with E-state index in [9.17, 15) is 18.4 Å². The molecule has 110 valence electrons. The van der Waals surface area contributed by atoms with Crippen molar-refractivity contribution in [2.45, 2.75) is 6.54 Å². The molecule has 0 saturated carbocycles. The molecular weight excluding hydrogens is 354 g/mol. The molecule has 10 heteroatoms. The number of nitrogens with one attached hydrogen (secondary N) is 1. The van der Waals surface area contributed by atoms with Gasteiger partial charge in [-0.2, -0.15) is 0 Å². The summed E-state index contributed by atoms with van der Waals surface area (Å²) in [5.74, 6) is -3.70. The summed E-state index contributed by atoms with van der Waals surface area (Å²) in [7, 11) is 0. The lowest BCUT2D eigenvalue weighted by molar-refractivity contribution is -0.117. The number of benzene rings is 1. The zero-order chi connectivity index (χ0) is 15.6. The van der Waals surface area contributed by atoms with Crippen molar-refractivity contribution in [3.63, 3.8) is 0 Å². The number of hydrogen-bond donors (Lipinski definition) is 2. The Morgan fingerprint density at radius 3 is 2.67 bits per heavy atom. The summed E-state index contributed by atoms with van der Waals surface area (Å²) in [4.78, 5) is 22.3. The molecule has 7 nitrogen and oxygen atoms in total. The van der Waals surface area contributed by atoms with E-state index in [2.05, 4.69) is 31.6 Å². The highest BCUT2D eigenvalue weighted by Gasteiger charge is 2.15. The zero-order valence-electron chi connectivity index (χ0n) is 10.2. The van der Waals surface area contributed by atoms with Crippen LogP contribution in [0.2, 0.25) is 0 Å². The Morgan fingerprint density at radius 1 is 1.38 bits per heavy atom. The summed E-state index contributed by atoms with van der Waals surface area (Å²) < 4.78 is 27.5. The van der Waals surface area contributed by atoms with Gasteiger partial charge in [0.05, 0.1) is 11.9 Å². The van der Waals surface area contributed by atoms with Gasteiger partial charge < -0.3 is 10.4 Å². The maximum atomic E-state index is 13.5. The first-order valence-electron chi connectivity index (χ1n) is 5.44. The summed E-state index contributed by atoms with van der Waals surface area (Å²) in [6, 6.07) is 1.62. The van der Waals surface area contributed by atoms with E-state index in [1.165, 1.54) is 0 Å². The fraction of sp³-hybridized carbons (Fsp3) is 0.0909. The third kappa shape index (κ3) is 3.60. The van der Waals surface area contributed by atoms with Gasteiger partial charge in [-0.05, 0) is 22.0 Å². The maximum Gasteiger partial charge on any atom is 0.358 e. The summed E-state index contributed by atoms with van der Waals surface area (Å²) in [5, 5.41) is 17.6. The van der Waals surface area contributed by atoms with Gasteiger partial charge in [0.1, 0.15) is 12.4 Å². The number of carboxylic acid groups (broad SMARTS) is 1. The minimum atomic E-state index is -1.28. The Hall–Kier alpha value is -2.36. The monoisotopic (exact) mass is 360 g/mol. The number of nitrogens with zero attached hydrogens (tertiary/aromatic N) is 3. The molecule has 0 saturated heterocycles. The van der Waals surface area contributed by atoms with E-state index in [1.807, 2.05) is 0 Å². The van der Waals surface area contributed by atoms with Gasteiger partial charge in [-0.15, -0.1) is 5.10 Å². The van der Waals surface area contributed by atoms with E-state index in [0.29, 0.717) is 6.07 Å². The smallest absolute Gasteiger partial charge is 0.358 e. The van der Waals surface area contributed by atoms with Crippen LogP contribution < -0.4 is 5.32 Å². The fourth-order valence-corrected chi connectivity index (χ4v) is 1.97. The number of anilines is 1. The van der Waals surface area contributed by atoms with E-state index in [0.717, 1.165) is 16.9 Å². The van der Waals surface area contributed by atoms with Crippen LogP contribution in [0.3, 0.4) is 0 Å². The number of aromatic nitrogens is 3. The third-order valence-electron chi connectivity index (χ3n) is 2.33. The molecule has 1 amide bonds. The predicted molar refractivity (Wildman–Crippen MR) is 69.7 cm³/mol. The number of amides is 1. The molecule has 2 aromatic rings. The van der Waals surface area contributed by atoms with E-state index in [4.69, 9.17) is 5.11 Å². The lowest BCUT2D eigenvalue weighted by Crippen LogP contribution is -2.20. The second-order valence-corrected chi connectivity index (χ2v) is 4.75. The van der Waals surface area contributed by atoms with Crippen LogP contribution in [-0.2, 0) is 11.3 Å². The number of carboxylic acids is 1. The van der Waals surface area contributed by atoms with Crippen LogP contribution in [0.1, 0.15) is 10.5 Å². The van der Waals surface area contributed by atoms with Crippen LogP contribution in [0, 0.1) is 11.6 Å². The molecule has 2 N–H and O–H groups in total. The molecule has 0 aliphatic rings. The Balaban J connectivity index is 2.10. The van der Waals surface area contributed by atoms with Gasteiger partial charge in [0.15, 0.2) is 11.5 Å². The number of rotatable bonds is 4. The van der Waals surface area contributed by atoms with E-state index >= 15 is 0 Å². The molecule has 0 spiro atoms. The quantitative estimate of drug-likeness (QED) is 0.863. The first kappa shape index (κ1) is 15.0. The molecule has 21 heavy (non-hydrogen) atoms. The second kappa shape index (κ2) is 5.95. The van der Waals surface area contributed by atoms with Crippen LogP contribution in [-0.4, -0.2) is 32.0 Å². The average molecular weight is 361 g/mol. The molecule has 0 aliphatic carbocycles. The third-order valence-corrected chi connectivity index (χ3v) is 2.96. The van der Waals surface area contributed by atoms with Crippen molar-refractivity contribution in [3.8, 4) is 0 Å². The Morgan fingerprint density at radius 2 is 2.10 bits per heavy atom. The number of halogens is 3. The van der Waals surface area contributed by atoms with Crippen molar-refractivity contribution in [1.82, 2.24) is 15.0 Å². The second-order valence-electron chi connectivity index (χ2n) is 3.90. The van der Waals surface area contributed by atoms with Crippen LogP contribution >= 0.6 is 15.9 Å². The standard InChI is InChI=1S/C11H7BrF2N4O3/c12-6-1-5(13)2-7(14)10(6)15-9(19)4-18-3-8(11(20)21)16-17-18/h1-3H,4H2,(H,15,19)(H,20,21). The van der Waals surface area contributed by atoms with Gasteiger partial charge >= 0.3 is 5.97 Å². The van der Waals surface area contributed by atoms with Gasteiger partial charge in [0, 0.05) is 10.5 Å². The lowest BCUT2D eigenvalue weighted by Gasteiger charge is -2.08. The molecule has 0 fully saturated rings. The topological polar surface area (TPSA) is 97.1 Å². The Labute approximate surface area is 124 Å². The van der Waals surface area contributed by atoms with Crippen molar-refractivity contribution in [2.75, 3.05) is 5.32 Å². The first-order chi connectivity index (χ1) is 9.86. The summed E-state index contributed by atoms with van der Waals surface area (Å²) in [5.41, 5.74) is -0.545. The van der Waals surface area contributed by atoms with E-state index in [1.54, 1.807) is 0 Å². The fourth-order valence-electron chi connectivity index (χ4n) is 1.46. The number of carbonyl (C=O) groups is 2. The van der Waals surface area contributed by atoms with Gasteiger partial charge in [0.25, 0.3) is 0 Å². The molecule has 2 rings (SSSR count). The van der Waals surface area contributed by atoms with Crippen LogP contribution in [0.4, 0.5) is 14.5 Å². The van der Waals surface area contributed by atoms with Gasteiger partial charge in [0.2, 0.25) is 5.91 Å². The summed E-state index contributed by atoms with van der Waals surface area (Å²) in [6.45, 7) is -0.371.